The van der Waals surface area contributed by atoms with Gasteiger partial charge >= 0.3 is 0 Å². The first kappa shape index (κ1) is 17.8. The van der Waals surface area contributed by atoms with E-state index in [4.69, 9.17) is 11.6 Å². The quantitative estimate of drug-likeness (QED) is 0.857. The largest absolute Gasteiger partial charge is 0.348 e. The van der Waals surface area contributed by atoms with E-state index >= 15 is 0 Å². The second-order valence-electron chi connectivity index (χ2n) is 7.15. The van der Waals surface area contributed by atoms with Crippen LogP contribution in [0, 0.1) is 5.92 Å². The molecule has 26 heavy (non-hydrogen) atoms. The zero-order valence-corrected chi connectivity index (χ0v) is 16.3. The molecule has 2 aromatic rings. The number of carbonyl (C=O) groups is 1. The van der Waals surface area contributed by atoms with E-state index in [-0.39, 0.29) is 11.9 Å². The standard InChI is InChI=1S/C20H22ClN3OS/c1-13-10-15-8-9-24(13)12-18(15)23-20(25)14-2-5-17(6-3-14)26-19-7-4-16(21)11-22-19/h2-7,11,13,15,18H,8-10,12H2,1H3,(H,23,25). The average Bonchev–Trinajstić information content (AvgIpc) is 2.65. The lowest BCUT2D eigenvalue weighted by molar-refractivity contribution is 0.0274. The Morgan fingerprint density at radius 2 is 2.08 bits per heavy atom. The topological polar surface area (TPSA) is 45.2 Å². The summed E-state index contributed by atoms with van der Waals surface area (Å²) >= 11 is 7.42. The van der Waals surface area contributed by atoms with Crippen molar-refractivity contribution in [2.75, 3.05) is 13.1 Å². The molecule has 3 fully saturated rings. The summed E-state index contributed by atoms with van der Waals surface area (Å²) in [4.78, 5) is 20.4. The minimum Gasteiger partial charge on any atom is -0.348 e. The van der Waals surface area contributed by atoms with Crippen molar-refractivity contribution in [2.45, 2.75) is 41.8 Å². The van der Waals surface area contributed by atoms with Crippen LogP contribution in [0.25, 0.3) is 0 Å². The summed E-state index contributed by atoms with van der Waals surface area (Å²) < 4.78 is 0. The highest BCUT2D eigenvalue weighted by molar-refractivity contribution is 7.99. The van der Waals surface area contributed by atoms with E-state index in [9.17, 15) is 4.79 Å². The van der Waals surface area contributed by atoms with Gasteiger partial charge in [0.2, 0.25) is 0 Å². The molecule has 2 bridgehead atoms. The molecule has 1 N–H and O–H groups in total. The molecule has 1 aromatic carbocycles. The van der Waals surface area contributed by atoms with Gasteiger partial charge in [-0.3, -0.25) is 9.69 Å². The van der Waals surface area contributed by atoms with Crippen LogP contribution in [0.4, 0.5) is 0 Å². The Balaban J connectivity index is 1.37. The van der Waals surface area contributed by atoms with Crippen molar-refractivity contribution in [3.05, 3.63) is 53.2 Å². The van der Waals surface area contributed by atoms with E-state index in [1.165, 1.54) is 19.4 Å². The number of hydrogen-bond acceptors (Lipinski definition) is 4. The van der Waals surface area contributed by atoms with Crippen LogP contribution in [0.5, 0.6) is 0 Å². The smallest absolute Gasteiger partial charge is 0.251 e. The van der Waals surface area contributed by atoms with Crippen LogP contribution in [-0.2, 0) is 0 Å². The predicted octanol–water partition coefficient (Wildman–Crippen LogP) is 4.10. The number of fused-ring (bicyclic) bond motifs is 3. The molecule has 136 valence electrons. The van der Waals surface area contributed by atoms with Gasteiger partial charge in [-0.15, -0.1) is 0 Å². The van der Waals surface area contributed by atoms with Crippen molar-refractivity contribution in [1.82, 2.24) is 15.2 Å². The highest BCUT2D eigenvalue weighted by atomic mass is 35.5. The fourth-order valence-electron chi connectivity index (χ4n) is 3.93. The lowest BCUT2D eigenvalue weighted by Crippen LogP contribution is -2.60. The second kappa shape index (κ2) is 7.59. The van der Waals surface area contributed by atoms with Gasteiger partial charge < -0.3 is 5.32 Å². The number of benzene rings is 1. The van der Waals surface area contributed by atoms with E-state index in [0.29, 0.717) is 22.5 Å². The number of halogens is 1. The van der Waals surface area contributed by atoms with Gasteiger partial charge in [-0.1, -0.05) is 23.4 Å². The molecule has 1 aromatic heterocycles. The Labute approximate surface area is 163 Å². The van der Waals surface area contributed by atoms with Gasteiger partial charge in [0.1, 0.15) is 5.03 Å². The molecule has 3 aliphatic heterocycles. The molecular formula is C20H22ClN3OS. The number of amides is 1. The Morgan fingerprint density at radius 1 is 1.27 bits per heavy atom. The molecule has 4 unspecified atom stereocenters. The third-order valence-corrected chi connectivity index (χ3v) is 6.59. The summed E-state index contributed by atoms with van der Waals surface area (Å²) in [7, 11) is 0. The Hall–Kier alpha value is -1.56. The Morgan fingerprint density at radius 3 is 2.69 bits per heavy atom. The number of nitrogens with one attached hydrogen (secondary N) is 1. The maximum absolute atomic E-state index is 12.6. The number of rotatable bonds is 4. The van der Waals surface area contributed by atoms with Gasteiger partial charge in [0, 0.05) is 35.3 Å². The maximum Gasteiger partial charge on any atom is 0.251 e. The third kappa shape index (κ3) is 3.90. The lowest BCUT2D eigenvalue weighted by Gasteiger charge is -2.48. The van der Waals surface area contributed by atoms with E-state index < -0.39 is 0 Å². The Kier molecular flexibility index (Phi) is 5.20. The van der Waals surface area contributed by atoms with Gasteiger partial charge in [-0.2, -0.15) is 0 Å². The fraction of sp³-hybridized carbons (Fsp3) is 0.400. The molecule has 3 saturated heterocycles. The molecule has 0 aliphatic carbocycles. The molecule has 0 radical (unpaired) electrons. The zero-order valence-electron chi connectivity index (χ0n) is 14.7. The first-order valence-electron chi connectivity index (χ1n) is 9.03. The number of hydrogen-bond donors (Lipinski definition) is 1. The molecule has 4 heterocycles. The zero-order chi connectivity index (χ0) is 18.1. The fourth-order valence-corrected chi connectivity index (χ4v) is 4.80. The predicted molar refractivity (Wildman–Crippen MR) is 105 cm³/mol. The van der Waals surface area contributed by atoms with Crippen molar-refractivity contribution >= 4 is 29.3 Å². The molecular weight excluding hydrogens is 366 g/mol. The summed E-state index contributed by atoms with van der Waals surface area (Å²) in [6.45, 7) is 4.44. The number of nitrogens with zero attached hydrogens (tertiary/aromatic N) is 2. The summed E-state index contributed by atoms with van der Waals surface area (Å²) in [6.07, 6.45) is 4.02. The van der Waals surface area contributed by atoms with Crippen LogP contribution in [0.15, 0.2) is 52.5 Å². The number of aromatic nitrogens is 1. The van der Waals surface area contributed by atoms with E-state index in [1.807, 2.05) is 36.4 Å². The minimum atomic E-state index is 0.0255. The van der Waals surface area contributed by atoms with Crippen LogP contribution >= 0.6 is 23.4 Å². The van der Waals surface area contributed by atoms with Crippen LogP contribution in [0.3, 0.4) is 0 Å². The van der Waals surface area contributed by atoms with Crippen LogP contribution in [-0.4, -0.2) is 41.0 Å². The second-order valence-corrected chi connectivity index (χ2v) is 8.68. The summed E-state index contributed by atoms with van der Waals surface area (Å²) in [5, 5.41) is 4.76. The van der Waals surface area contributed by atoms with Crippen LogP contribution in [0.1, 0.15) is 30.1 Å². The molecule has 3 aliphatic rings. The third-order valence-electron chi connectivity index (χ3n) is 5.41. The van der Waals surface area contributed by atoms with Crippen LogP contribution < -0.4 is 5.32 Å². The molecule has 0 spiro atoms. The molecule has 4 atom stereocenters. The van der Waals surface area contributed by atoms with Gasteiger partial charge in [-0.25, -0.2) is 4.98 Å². The van der Waals surface area contributed by atoms with Gasteiger partial charge in [0.05, 0.1) is 5.02 Å². The normalized spacial score (nSPS) is 27.3. The monoisotopic (exact) mass is 387 g/mol. The first-order valence-corrected chi connectivity index (χ1v) is 10.2. The molecule has 0 saturated carbocycles. The van der Waals surface area contributed by atoms with Gasteiger partial charge in [0.15, 0.2) is 0 Å². The van der Waals surface area contributed by atoms with Crippen molar-refractivity contribution in [3.8, 4) is 0 Å². The average molecular weight is 388 g/mol. The first-order chi connectivity index (χ1) is 12.6. The van der Waals surface area contributed by atoms with Crippen molar-refractivity contribution in [1.29, 1.82) is 0 Å². The van der Waals surface area contributed by atoms with Gasteiger partial charge in [0.25, 0.3) is 5.91 Å². The number of carbonyl (C=O) groups excluding carboxylic acids is 1. The molecule has 4 nitrogen and oxygen atoms in total. The molecule has 6 heteroatoms. The molecule has 1 amide bonds. The van der Waals surface area contributed by atoms with Crippen LogP contribution in [0.2, 0.25) is 5.02 Å². The van der Waals surface area contributed by atoms with Crippen molar-refractivity contribution in [3.63, 3.8) is 0 Å². The van der Waals surface area contributed by atoms with Crippen molar-refractivity contribution in [2.24, 2.45) is 5.92 Å². The summed E-state index contributed by atoms with van der Waals surface area (Å²) in [5.74, 6) is 0.641. The SMILES string of the molecule is CC1CC2CCN1CC2NC(=O)c1ccc(Sc2ccc(Cl)cn2)cc1. The highest BCUT2D eigenvalue weighted by Gasteiger charge is 2.38. The van der Waals surface area contributed by atoms with Crippen molar-refractivity contribution < 1.29 is 4.79 Å². The lowest BCUT2D eigenvalue weighted by atomic mass is 9.80. The van der Waals surface area contributed by atoms with E-state index in [1.54, 1.807) is 18.0 Å². The van der Waals surface area contributed by atoms with Gasteiger partial charge in [-0.05, 0) is 68.6 Å². The summed E-state index contributed by atoms with van der Waals surface area (Å²) in [6, 6.07) is 12.4. The Bertz CT molecular complexity index is 781. The summed E-state index contributed by atoms with van der Waals surface area (Å²) in [5.41, 5.74) is 0.711. The molecule has 5 rings (SSSR count). The van der Waals surface area contributed by atoms with E-state index in [2.05, 4.69) is 22.1 Å². The highest BCUT2D eigenvalue weighted by Crippen LogP contribution is 2.32. The van der Waals surface area contributed by atoms with E-state index in [0.717, 1.165) is 16.5 Å². The number of pyridine rings is 1. The minimum absolute atomic E-state index is 0.0255. The maximum atomic E-state index is 12.6. The number of piperidine rings is 3.